The highest BCUT2D eigenvalue weighted by Gasteiger charge is 2.23. The fraction of sp³-hybridized carbons (Fsp3) is 0.381. The number of halogens is 2. The van der Waals surface area contributed by atoms with E-state index in [0.717, 1.165) is 37.5 Å². The number of methoxy groups -OCH3 is 1. The molecule has 1 aliphatic rings. The van der Waals surface area contributed by atoms with Crippen molar-refractivity contribution in [3.05, 3.63) is 58.1 Å². The molecule has 0 radical (unpaired) electrons. The summed E-state index contributed by atoms with van der Waals surface area (Å²) in [7, 11) is 1.67. The first-order valence-electron chi connectivity index (χ1n) is 9.43. The number of nitrogens with zero attached hydrogens (tertiary/aromatic N) is 1. The first-order valence-corrected chi connectivity index (χ1v) is 10.2. The topological polar surface area (TPSA) is 46.0 Å². The van der Waals surface area contributed by atoms with Crippen LogP contribution in [0.1, 0.15) is 18.5 Å². The molecule has 2 aromatic carbocycles. The van der Waals surface area contributed by atoms with Gasteiger partial charge in [-0.15, -0.1) is 0 Å². The van der Waals surface area contributed by atoms with E-state index in [0.29, 0.717) is 16.6 Å². The Balaban J connectivity index is 1.47. The number of hydrogen-bond acceptors (Lipinski definition) is 3. The van der Waals surface area contributed by atoms with Gasteiger partial charge in [0.15, 0.2) is 6.54 Å². The molecule has 2 N–H and O–H groups in total. The Kier molecular flexibility index (Phi) is 7.05. The van der Waals surface area contributed by atoms with Crippen molar-refractivity contribution in [1.29, 1.82) is 0 Å². The van der Waals surface area contributed by atoms with Crippen LogP contribution in [0.3, 0.4) is 0 Å². The first-order chi connectivity index (χ1) is 13.5. The Morgan fingerprint density at radius 2 is 1.82 bits per heavy atom. The van der Waals surface area contributed by atoms with Gasteiger partial charge in [-0.2, -0.15) is 0 Å². The molecule has 0 aliphatic carbocycles. The summed E-state index contributed by atoms with van der Waals surface area (Å²) in [6.07, 6.45) is 0. The van der Waals surface area contributed by atoms with Crippen LogP contribution in [-0.2, 0) is 4.79 Å². The van der Waals surface area contributed by atoms with Gasteiger partial charge in [0.25, 0.3) is 5.91 Å². The summed E-state index contributed by atoms with van der Waals surface area (Å²) in [5.74, 6) is 0.909. The third-order valence-electron chi connectivity index (χ3n) is 5.14. The fourth-order valence-electron chi connectivity index (χ4n) is 3.44. The van der Waals surface area contributed by atoms with E-state index in [2.05, 4.69) is 22.3 Å². The molecule has 28 heavy (non-hydrogen) atoms. The summed E-state index contributed by atoms with van der Waals surface area (Å²) in [5, 5.41) is 4.07. The summed E-state index contributed by atoms with van der Waals surface area (Å²) in [4.78, 5) is 16.1. The molecule has 0 saturated carbocycles. The van der Waals surface area contributed by atoms with E-state index in [1.54, 1.807) is 19.2 Å². The number of ether oxygens (including phenoxy) is 1. The van der Waals surface area contributed by atoms with E-state index in [1.165, 1.54) is 10.6 Å². The number of hydrogen-bond donors (Lipinski definition) is 2. The fourth-order valence-corrected chi connectivity index (χ4v) is 3.74. The quantitative estimate of drug-likeness (QED) is 0.751. The lowest BCUT2D eigenvalue weighted by atomic mass is 10.1. The monoisotopic (exact) mass is 422 g/mol. The van der Waals surface area contributed by atoms with Crippen molar-refractivity contribution in [3.63, 3.8) is 0 Å². The molecule has 7 heteroatoms. The van der Waals surface area contributed by atoms with Gasteiger partial charge in [0, 0.05) is 5.69 Å². The lowest BCUT2D eigenvalue weighted by molar-refractivity contribution is -0.892. The highest BCUT2D eigenvalue weighted by atomic mass is 35.5. The number of quaternary nitrogens is 1. The van der Waals surface area contributed by atoms with Gasteiger partial charge in [0.1, 0.15) is 5.75 Å². The number of benzene rings is 2. The Morgan fingerprint density at radius 3 is 2.43 bits per heavy atom. The van der Waals surface area contributed by atoms with Crippen LogP contribution in [0.2, 0.25) is 10.0 Å². The molecule has 1 atom stereocenters. The van der Waals surface area contributed by atoms with Crippen molar-refractivity contribution < 1.29 is 14.4 Å². The molecule has 0 aromatic heterocycles. The molecule has 0 bridgehead atoms. The molecule has 1 aliphatic heterocycles. The minimum Gasteiger partial charge on any atom is -0.497 e. The van der Waals surface area contributed by atoms with Crippen LogP contribution in [0.4, 0.5) is 5.69 Å². The van der Waals surface area contributed by atoms with Crippen LogP contribution in [0.25, 0.3) is 0 Å². The molecule has 1 fully saturated rings. The minimum atomic E-state index is -0.109. The third-order valence-corrected chi connectivity index (χ3v) is 5.88. The zero-order valence-electron chi connectivity index (χ0n) is 16.2. The average molecular weight is 423 g/mol. The smallest absolute Gasteiger partial charge is 0.275 e. The zero-order chi connectivity index (χ0) is 20.1. The number of nitrogens with one attached hydrogen (secondary N) is 2. The van der Waals surface area contributed by atoms with Crippen LogP contribution >= 0.6 is 23.2 Å². The van der Waals surface area contributed by atoms with Gasteiger partial charge >= 0.3 is 0 Å². The van der Waals surface area contributed by atoms with E-state index in [9.17, 15) is 4.79 Å². The Bertz CT molecular complexity index is 806. The summed E-state index contributed by atoms with van der Waals surface area (Å²) < 4.78 is 5.21. The summed E-state index contributed by atoms with van der Waals surface area (Å²) in [6.45, 7) is 6.15. The summed E-state index contributed by atoms with van der Waals surface area (Å²) in [5.41, 5.74) is 2.14. The van der Waals surface area contributed by atoms with Crippen LogP contribution in [0.5, 0.6) is 5.75 Å². The highest BCUT2D eigenvalue weighted by molar-refractivity contribution is 6.42. The van der Waals surface area contributed by atoms with E-state index in [1.807, 2.05) is 25.1 Å². The maximum atomic E-state index is 12.5. The SMILES string of the molecule is COc1ccc(N2CC[NH+](CC(=O)N[C@H](C)c3ccc(Cl)c(Cl)c3)CC2)cc1. The molecule has 5 nitrogen and oxygen atoms in total. The normalized spacial score (nSPS) is 15.9. The Morgan fingerprint density at radius 1 is 1.14 bits per heavy atom. The van der Waals surface area contributed by atoms with Crippen molar-refractivity contribution in [2.24, 2.45) is 0 Å². The maximum absolute atomic E-state index is 12.5. The van der Waals surface area contributed by atoms with Gasteiger partial charge in [-0.1, -0.05) is 29.3 Å². The van der Waals surface area contributed by atoms with Crippen LogP contribution in [-0.4, -0.2) is 45.7 Å². The van der Waals surface area contributed by atoms with E-state index in [-0.39, 0.29) is 11.9 Å². The number of carbonyl (C=O) groups excluding carboxylic acids is 1. The molecule has 2 aromatic rings. The van der Waals surface area contributed by atoms with Crippen molar-refractivity contribution in [3.8, 4) is 5.75 Å². The number of piperazine rings is 1. The third kappa shape index (κ3) is 5.31. The molecule has 1 amide bonds. The lowest BCUT2D eigenvalue weighted by Crippen LogP contribution is -3.15. The second-order valence-electron chi connectivity index (χ2n) is 7.07. The second-order valence-corrected chi connectivity index (χ2v) is 7.89. The van der Waals surface area contributed by atoms with E-state index >= 15 is 0 Å². The van der Waals surface area contributed by atoms with Gasteiger partial charge in [0.05, 0.1) is 49.4 Å². The maximum Gasteiger partial charge on any atom is 0.275 e. The molecular weight excluding hydrogens is 397 g/mol. The van der Waals surface area contributed by atoms with Crippen molar-refractivity contribution >= 4 is 34.8 Å². The predicted octanol–water partition coefficient (Wildman–Crippen LogP) is 2.58. The molecule has 0 spiro atoms. The Hall–Kier alpha value is -1.95. The summed E-state index contributed by atoms with van der Waals surface area (Å²) >= 11 is 12.0. The van der Waals surface area contributed by atoms with Gasteiger partial charge in [-0.05, 0) is 48.9 Å². The molecular formula is C21H26Cl2N3O2+. The first kappa shape index (κ1) is 20.8. The number of amides is 1. The van der Waals surface area contributed by atoms with Crippen molar-refractivity contribution in [1.82, 2.24) is 5.32 Å². The highest BCUT2D eigenvalue weighted by Crippen LogP contribution is 2.25. The standard InChI is InChI=1S/C21H25Cl2N3O2/c1-15(16-3-8-19(22)20(23)13-16)24-21(27)14-25-9-11-26(12-10-25)17-4-6-18(28-2)7-5-17/h3-8,13,15H,9-12,14H2,1-2H3,(H,24,27)/p+1/t15-/m1/s1. The number of anilines is 1. The second kappa shape index (κ2) is 9.50. The predicted molar refractivity (Wildman–Crippen MR) is 114 cm³/mol. The minimum absolute atomic E-state index is 0.0477. The molecule has 1 heterocycles. The molecule has 3 rings (SSSR count). The molecule has 0 unspecified atom stereocenters. The van der Waals surface area contributed by atoms with Crippen molar-refractivity contribution in [2.45, 2.75) is 13.0 Å². The van der Waals surface area contributed by atoms with E-state index < -0.39 is 0 Å². The van der Waals surface area contributed by atoms with Gasteiger partial charge < -0.3 is 19.9 Å². The lowest BCUT2D eigenvalue weighted by Gasteiger charge is -2.33. The number of rotatable bonds is 6. The van der Waals surface area contributed by atoms with Gasteiger partial charge in [0.2, 0.25) is 0 Å². The van der Waals surface area contributed by atoms with E-state index in [4.69, 9.17) is 27.9 Å². The average Bonchev–Trinajstić information content (AvgIpc) is 2.70. The molecule has 150 valence electrons. The van der Waals surface area contributed by atoms with Gasteiger partial charge in [-0.3, -0.25) is 4.79 Å². The van der Waals surface area contributed by atoms with Crippen LogP contribution in [0.15, 0.2) is 42.5 Å². The Labute approximate surface area is 176 Å². The summed E-state index contributed by atoms with van der Waals surface area (Å²) in [6, 6.07) is 13.5. The van der Waals surface area contributed by atoms with Crippen LogP contribution in [0, 0.1) is 0 Å². The number of carbonyl (C=O) groups is 1. The zero-order valence-corrected chi connectivity index (χ0v) is 17.7. The van der Waals surface area contributed by atoms with Crippen LogP contribution < -0.4 is 19.9 Å². The largest absolute Gasteiger partial charge is 0.497 e. The van der Waals surface area contributed by atoms with Gasteiger partial charge in [-0.25, -0.2) is 0 Å². The van der Waals surface area contributed by atoms with Crippen molar-refractivity contribution in [2.75, 3.05) is 44.7 Å². The molecule has 1 saturated heterocycles.